The van der Waals surface area contributed by atoms with Crippen molar-refractivity contribution < 1.29 is 14.7 Å². The summed E-state index contributed by atoms with van der Waals surface area (Å²) in [6.45, 7) is 0. The Bertz CT molecular complexity index is 140. The van der Waals surface area contributed by atoms with Crippen LogP contribution in [-0.2, 0) is 9.59 Å². The molecule has 0 aliphatic heterocycles. The first kappa shape index (κ1) is 8.86. The summed E-state index contributed by atoms with van der Waals surface area (Å²) in [6, 6.07) is -2.74. The molecule has 0 heterocycles. The molecule has 0 aromatic rings. The average Bonchev–Trinajstić information content (AvgIpc) is 1.84. The van der Waals surface area contributed by atoms with Gasteiger partial charge in [-0.3, -0.25) is 9.59 Å². The Morgan fingerprint density at radius 3 is 1.70 bits per heavy atom. The van der Waals surface area contributed by atoms with E-state index in [4.69, 9.17) is 16.6 Å². The number of aliphatic carboxylic acids is 1. The predicted octanol–water partition coefficient (Wildman–Crippen LogP) is -2.79. The van der Waals surface area contributed by atoms with Crippen molar-refractivity contribution in [2.75, 3.05) is 0 Å². The minimum Gasteiger partial charge on any atom is -0.480 e. The maximum Gasteiger partial charge on any atom is 0.322 e. The number of carbonyl (C=O) groups is 2. The highest BCUT2D eigenvalue weighted by Gasteiger charge is 2.24. The van der Waals surface area contributed by atoms with Gasteiger partial charge in [0.1, 0.15) is 12.1 Å². The molecule has 10 heavy (non-hydrogen) atoms. The maximum atomic E-state index is 10.2. The minimum absolute atomic E-state index is 0.921. The van der Waals surface area contributed by atoms with Gasteiger partial charge in [0.2, 0.25) is 5.91 Å². The van der Waals surface area contributed by atoms with Crippen molar-refractivity contribution in [2.24, 2.45) is 17.2 Å². The minimum atomic E-state index is -1.42. The number of nitrogens with two attached hydrogens (primary N) is 3. The zero-order chi connectivity index (χ0) is 8.31. The molecule has 0 unspecified atom stereocenters. The molecule has 7 N–H and O–H groups in total. The van der Waals surface area contributed by atoms with Crippen molar-refractivity contribution in [3.05, 3.63) is 0 Å². The highest BCUT2D eigenvalue weighted by Crippen LogP contribution is 1.84. The first-order valence-corrected chi connectivity index (χ1v) is 2.50. The highest BCUT2D eigenvalue weighted by atomic mass is 16.4. The van der Waals surface area contributed by atoms with Gasteiger partial charge in [-0.1, -0.05) is 0 Å². The van der Waals surface area contributed by atoms with Crippen LogP contribution in [0.1, 0.15) is 0 Å². The topological polar surface area (TPSA) is 132 Å². The number of amides is 1. The number of hydrogen-bond donors (Lipinski definition) is 4. The molecule has 0 saturated heterocycles. The first-order chi connectivity index (χ1) is 4.46. The Hall–Kier alpha value is -1.14. The molecule has 0 aromatic heterocycles. The SMILES string of the molecule is NC(=O)[C@H](N)[C@H](N)C(=O)O. The standard InChI is InChI=1S/C4H9N3O3/c5-1(3(7)8)2(6)4(9)10/h1-2H,5-6H2,(H2,7,8)(H,9,10)/t1-,2+/m1/s1. The second-order valence-corrected chi connectivity index (χ2v) is 1.79. The number of hydrogen-bond acceptors (Lipinski definition) is 4. The molecule has 0 rings (SSSR count). The van der Waals surface area contributed by atoms with Gasteiger partial charge in [-0.2, -0.15) is 0 Å². The van der Waals surface area contributed by atoms with Crippen LogP contribution in [0, 0.1) is 0 Å². The third-order valence-corrected chi connectivity index (χ3v) is 1.00. The van der Waals surface area contributed by atoms with Crippen molar-refractivity contribution in [1.82, 2.24) is 0 Å². The van der Waals surface area contributed by atoms with E-state index in [1.165, 1.54) is 0 Å². The summed E-state index contributed by atoms with van der Waals surface area (Å²) < 4.78 is 0. The fraction of sp³-hybridized carbons (Fsp3) is 0.500. The van der Waals surface area contributed by atoms with Crippen LogP contribution in [0.2, 0.25) is 0 Å². The van der Waals surface area contributed by atoms with E-state index in [9.17, 15) is 9.59 Å². The zero-order valence-corrected chi connectivity index (χ0v) is 5.15. The van der Waals surface area contributed by atoms with Gasteiger partial charge in [-0.05, 0) is 0 Å². The maximum absolute atomic E-state index is 10.2. The smallest absolute Gasteiger partial charge is 0.322 e. The summed E-state index contributed by atoms with van der Waals surface area (Å²) in [6.07, 6.45) is 0. The highest BCUT2D eigenvalue weighted by molar-refractivity contribution is 5.88. The number of primary amides is 1. The van der Waals surface area contributed by atoms with Crippen LogP contribution in [0.25, 0.3) is 0 Å². The van der Waals surface area contributed by atoms with Gasteiger partial charge in [0.15, 0.2) is 0 Å². The Balaban J connectivity index is 4.07. The number of rotatable bonds is 3. The van der Waals surface area contributed by atoms with Gasteiger partial charge in [0, 0.05) is 0 Å². The monoisotopic (exact) mass is 147 g/mol. The molecule has 0 spiro atoms. The molecule has 0 fully saturated rings. The van der Waals surface area contributed by atoms with E-state index in [1.54, 1.807) is 0 Å². The fourth-order valence-corrected chi connectivity index (χ4v) is 0.331. The van der Waals surface area contributed by atoms with E-state index in [-0.39, 0.29) is 0 Å². The molecule has 0 radical (unpaired) electrons. The molecule has 6 nitrogen and oxygen atoms in total. The van der Waals surface area contributed by atoms with E-state index >= 15 is 0 Å². The lowest BCUT2D eigenvalue weighted by Gasteiger charge is -2.10. The number of carboxylic acids is 1. The molecule has 0 bridgehead atoms. The summed E-state index contributed by atoms with van der Waals surface area (Å²) in [5, 5.41) is 8.19. The Kier molecular flexibility index (Phi) is 2.78. The largest absolute Gasteiger partial charge is 0.480 e. The van der Waals surface area contributed by atoms with E-state index in [2.05, 4.69) is 5.73 Å². The molecular formula is C4H9N3O3. The van der Waals surface area contributed by atoms with Crippen LogP contribution in [-0.4, -0.2) is 29.1 Å². The second kappa shape index (κ2) is 3.14. The van der Waals surface area contributed by atoms with Crippen LogP contribution >= 0.6 is 0 Å². The summed E-state index contributed by atoms with van der Waals surface area (Å²) in [4.78, 5) is 20.2. The average molecular weight is 147 g/mol. The van der Waals surface area contributed by atoms with Crippen LogP contribution < -0.4 is 17.2 Å². The van der Waals surface area contributed by atoms with Crippen LogP contribution in [0.5, 0.6) is 0 Å². The van der Waals surface area contributed by atoms with Crippen molar-refractivity contribution in [3.63, 3.8) is 0 Å². The summed E-state index contributed by atoms with van der Waals surface area (Å²) in [5.74, 6) is -2.26. The van der Waals surface area contributed by atoms with Crippen LogP contribution in [0.4, 0.5) is 0 Å². The lowest BCUT2D eigenvalue weighted by molar-refractivity contribution is -0.140. The third kappa shape index (κ3) is 2.00. The number of carbonyl (C=O) groups excluding carboxylic acids is 1. The van der Waals surface area contributed by atoms with Crippen molar-refractivity contribution in [1.29, 1.82) is 0 Å². The lowest BCUT2D eigenvalue weighted by atomic mass is 10.1. The molecule has 0 saturated carbocycles. The van der Waals surface area contributed by atoms with Crippen molar-refractivity contribution >= 4 is 11.9 Å². The summed E-state index contributed by atoms with van der Waals surface area (Å²) in [5.41, 5.74) is 14.6. The summed E-state index contributed by atoms with van der Waals surface area (Å²) in [7, 11) is 0. The van der Waals surface area contributed by atoms with E-state index in [0.29, 0.717) is 0 Å². The lowest BCUT2D eigenvalue weighted by Crippen LogP contribution is -2.54. The predicted molar refractivity (Wildman–Crippen MR) is 32.8 cm³/mol. The summed E-state index contributed by atoms with van der Waals surface area (Å²) >= 11 is 0. The fourth-order valence-electron chi connectivity index (χ4n) is 0.331. The van der Waals surface area contributed by atoms with Gasteiger partial charge >= 0.3 is 5.97 Å². The van der Waals surface area contributed by atoms with Gasteiger partial charge in [-0.15, -0.1) is 0 Å². The molecule has 6 heteroatoms. The first-order valence-electron chi connectivity index (χ1n) is 2.50. The van der Waals surface area contributed by atoms with E-state index < -0.39 is 24.0 Å². The van der Waals surface area contributed by atoms with Gasteiger partial charge in [-0.25, -0.2) is 0 Å². The normalized spacial score (nSPS) is 15.8. The van der Waals surface area contributed by atoms with Crippen LogP contribution in [0.15, 0.2) is 0 Å². The van der Waals surface area contributed by atoms with E-state index in [1.807, 2.05) is 0 Å². The zero-order valence-electron chi connectivity index (χ0n) is 5.15. The molecule has 2 atom stereocenters. The molecule has 0 aliphatic carbocycles. The van der Waals surface area contributed by atoms with Crippen molar-refractivity contribution in [3.8, 4) is 0 Å². The Morgan fingerprint density at radius 2 is 1.60 bits per heavy atom. The molecule has 0 aliphatic rings. The second-order valence-electron chi connectivity index (χ2n) is 1.79. The molecule has 1 amide bonds. The molecular weight excluding hydrogens is 138 g/mol. The van der Waals surface area contributed by atoms with Gasteiger partial charge in [0.05, 0.1) is 0 Å². The Morgan fingerprint density at radius 1 is 1.20 bits per heavy atom. The van der Waals surface area contributed by atoms with Crippen molar-refractivity contribution in [2.45, 2.75) is 12.1 Å². The van der Waals surface area contributed by atoms with Gasteiger partial charge in [0.25, 0.3) is 0 Å². The molecule has 58 valence electrons. The van der Waals surface area contributed by atoms with Crippen LogP contribution in [0.3, 0.4) is 0 Å². The third-order valence-electron chi connectivity index (χ3n) is 1.00. The van der Waals surface area contributed by atoms with E-state index in [0.717, 1.165) is 0 Å². The molecule has 0 aromatic carbocycles. The number of carboxylic acid groups (broad SMARTS) is 1. The van der Waals surface area contributed by atoms with Gasteiger partial charge < -0.3 is 22.3 Å². The quantitative estimate of drug-likeness (QED) is 0.342. The Labute approximate surface area is 57.0 Å².